The van der Waals surface area contributed by atoms with E-state index >= 15 is 0 Å². The Morgan fingerprint density at radius 3 is 2.55 bits per heavy atom. The highest BCUT2D eigenvalue weighted by Gasteiger charge is 2.31. The first kappa shape index (κ1) is 20.5. The number of H-pyrrole nitrogens is 2. The molecule has 5 rings (SSSR count). The number of benzene rings is 1. The monoisotopic (exact) mass is 447 g/mol. The van der Waals surface area contributed by atoms with E-state index in [0.29, 0.717) is 16.8 Å². The maximum atomic E-state index is 13.5. The molecule has 0 aliphatic heterocycles. The third-order valence-corrected chi connectivity index (χ3v) is 5.34. The van der Waals surface area contributed by atoms with Gasteiger partial charge in [0.15, 0.2) is 0 Å². The Morgan fingerprint density at radius 2 is 1.76 bits per heavy atom. The van der Waals surface area contributed by atoms with Crippen molar-refractivity contribution in [2.45, 2.75) is 6.18 Å². The van der Waals surface area contributed by atoms with Crippen molar-refractivity contribution in [1.29, 1.82) is 0 Å². The summed E-state index contributed by atoms with van der Waals surface area (Å²) in [6.07, 6.45) is 4.54. The zero-order valence-corrected chi connectivity index (χ0v) is 16.9. The first-order valence-electron chi connectivity index (χ1n) is 9.89. The van der Waals surface area contributed by atoms with Crippen molar-refractivity contribution >= 4 is 34.1 Å². The number of carbonyl (C=O) groups excluding carboxylic acids is 1. The third-order valence-electron chi connectivity index (χ3n) is 5.34. The number of aromatic amines is 2. The highest BCUT2D eigenvalue weighted by atomic mass is 19.4. The molecule has 0 aliphatic carbocycles. The lowest BCUT2D eigenvalue weighted by molar-refractivity contribution is -0.137. The van der Waals surface area contributed by atoms with Crippen LogP contribution in [0.1, 0.15) is 11.1 Å². The van der Waals surface area contributed by atoms with E-state index in [9.17, 15) is 18.0 Å². The van der Waals surface area contributed by atoms with Crippen molar-refractivity contribution in [1.82, 2.24) is 19.9 Å². The quantitative estimate of drug-likeness (QED) is 0.326. The summed E-state index contributed by atoms with van der Waals surface area (Å²) in [5.74, 6) is -0.748. The zero-order chi connectivity index (χ0) is 23.2. The number of halogens is 3. The zero-order valence-electron chi connectivity index (χ0n) is 16.9. The first-order chi connectivity index (χ1) is 15.8. The van der Waals surface area contributed by atoms with Gasteiger partial charge in [-0.25, -0.2) is 9.97 Å². The number of carbonyl (C=O) groups is 1. The molecule has 1 aromatic carbocycles. The molecular weight excluding hydrogens is 431 g/mol. The second-order valence-electron chi connectivity index (χ2n) is 7.50. The summed E-state index contributed by atoms with van der Waals surface area (Å²) in [4.78, 5) is 26.0. The van der Waals surface area contributed by atoms with E-state index in [1.54, 1.807) is 24.5 Å². The van der Waals surface area contributed by atoms with E-state index in [1.807, 2.05) is 18.3 Å². The van der Waals surface area contributed by atoms with Crippen LogP contribution in [0.25, 0.3) is 50.4 Å². The van der Waals surface area contributed by atoms with Gasteiger partial charge < -0.3 is 15.7 Å². The maximum Gasteiger partial charge on any atom is 0.416 e. The number of amides is 1. The second-order valence-corrected chi connectivity index (χ2v) is 7.50. The van der Waals surface area contributed by atoms with E-state index in [2.05, 4.69) is 19.9 Å². The molecule has 4 aromatic heterocycles. The molecule has 0 radical (unpaired) electrons. The van der Waals surface area contributed by atoms with Gasteiger partial charge in [-0.2, -0.15) is 13.2 Å². The number of primary amides is 1. The number of fused-ring (bicyclic) bond motifs is 2. The predicted molar refractivity (Wildman–Crippen MR) is 120 cm³/mol. The Bertz CT molecular complexity index is 1550. The lowest BCUT2D eigenvalue weighted by atomic mass is 9.98. The van der Waals surface area contributed by atoms with Gasteiger partial charge >= 0.3 is 6.18 Å². The van der Waals surface area contributed by atoms with Crippen LogP contribution in [0, 0.1) is 0 Å². The molecule has 0 spiro atoms. The van der Waals surface area contributed by atoms with Crippen molar-refractivity contribution in [2.75, 3.05) is 0 Å². The highest BCUT2D eigenvalue weighted by Crippen LogP contribution is 2.37. The lowest BCUT2D eigenvalue weighted by Gasteiger charge is -2.11. The van der Waals surface area contributed by atoms with Crippen molar-refractivity contribution in [3.05, 3.63) is 78.4 Å². The Hall–Kier alpha value is -4.40. The van der Waals surface area contributed by atoms with Gasteiger partial charge in [-0.1, -0.05) is 0 Å². The largest absolute Gasteiger partial charge is 0.416 e. The molecule has 1 amide bonds. The second kappa shape index (κ2) is 7.63. The van der Waals surface area contributed by atoms with Crippen molar-refractivity contribution in [2.24, 2.45) is 5.73 Å². The van der Waals surface area contributed by atoms with Crippen molar-refractivity contribution < 1.29 is 18.0 Å². The van der Waals surface area contributed by atoms with Gasteiger partial charge in [-0.3, -0.25) is 4.79 Å². The van der Waals surface area contributed by atoms with Gasteiger partial charge in [0.1, 0.15) is 11.3 Å². The molecule has 0 bridgehead atoms. The Kier molecular flexibility index (Phi) is 4.74. The SMILES string of the molecule is NC(=O)C=Cc1cc(-c2cnc3[nH]cc(-c4ccnc5[nH]ccc45)c3c2)cc(C(F)(F)F)c1. The van der Waals surface area contributed by atoms with Gasteiger partial charge in [0.25, 0.3) is 0 Å². The summed E-state index contributed by atoms with van der Waals surface area (Å²) in [5, 5.41) is 1.68. The highest BCUT2D eigenvalue weighted by molar-refractivity contribution is 6.03. The number of nitrogens with one attached hydrogen (secondary N) is 2. The number of hydrogen-bond donors (Lipinski definition) is 3. The van der Waals surface area contributed by atoms with E-state index in [4.69, 9.17) is 5.73 Å². The predicted octanol–water partition coefficient (Wildman–Crippen LogP) is 5.29. The van der Waals surface area contributed by atoms with Crippen molar-refractivity contribution in [3.8, 4) is 22.3 Å². The number of nitrogens with two attached hydrogens (primary N) is 1. The van der Waals surface area contributed by atoms with Gasteiger partial charge in [0, 0.05) is 52.8 Å². The molecule has 4 heterocycles. The molecule has 0 saturated carbocycles. The standard InChI is InChI=1S/C24H16F3N5O/c25-24(26,27)16-8-13(1-2-21(28)33)7-14(9-16)15-10-19-20(12-32-23(19)31-11-15)17-3-5-29-22-18(17)4-6-30-22/h1-12H,(H2,28,33)(H,29,30)(H,31,32). The fourth-order valence-corrected chi connectivity index (χ4v) is 3.84. The van der Waals surface area contributed by atoms with Gasteiger partial charge in [0.05, 0.1) is 5.56 Å². The van der Waals surface area contributed by atoms with Crippen molar-refractivity contribution in [3.63, 3.8) is 0 Å². The van der Waals surface area contributed by atoms with Crippen LogP contribution in [-0.2, 0) is 11.0 Å². The average Bonchev–Trinajstić information content (AvgIpc) is 3.43. The fraction of sp³-hybridized carbons (Fsp3) is 0.0417. The molecule has 5 aromatic rings. The molecule has 33 heavy (non-hydrogen) atoms. The molecule has 0 unspecified atom stereocenters. The maximum absolute atomic E-state index is 13.5. The van der Waals surface area contributed by atoms with Gasteiger partial charge in [0.2, 0.25) is 5.91 Å². The van der Waals surface area contributed by atoms with Crippen LogP contribution in [0.4, 0.5) is 13.2 Å². The number of alkyl halides is 3. The molecule has 9 heteroatoms. The molecule has 0 atom stereocenters. The molecule has 164 valence electrons. The van der Waals surface area contributed by atoms with Crippen LogP contribution in [0.3, 0.4) is 0 Å². The summed E-state index contributed by atoms with van der Waals surface area (Å²) < 4.78 is 40.6. The van der Waals surface area contributed by atoms with E-state index < -0.39 is 17.6 Å². The lowest BCUT2D eigenvalue weighted by Crippen LogP contribution is -2.06. The van der Waals surface area contributed by atoms with E-state index in [0.717, 1.165) is 45.8 Å². The molecule has 4 N–H and O–H groups in total. The Balaban J connectivity index is 1.68. The average molecular weight is 447 g/mol. The van der Waals surface area contributed by atoms with Crippen LogP contribution in [0.5, 0.6) is 0 Å². The molecule has 0 fully saturated rings. The summed E-state index contributed by atoms with van der Waals surface area (Å²) in [7, 11) is 0. The Morgan fingerprint density at radius 1 is 0.939 bits per heavy atom. The van der Waals surface area contributed by atoms with Crippen LogP contribution < -0.4 is 5.73 Å². The Labute approximate surface area is 185 Å². The number of hydrogen-bond acceptors (Lipinski definition) is 3. The van der Waals surface area contributed by atoms with Crippen LogP contribution in [0.2, 0.25) is 0 Å². The minimum Gasteiger partial charge on any atom is -0.366 e. The van der Waals surface area contributed by atoms with Gasteiger partial charge in [-0.15, -0.1) is 0 Å². The fourth-order valence-electron chi connectivity index (χ4n) is 3.84. The first-order valence-corrected chi connectivity index (χ1v) is 9.89. The van der Waals surface area contributed by atoms with Crippen LogP contribution >= 0.6 is 0 Å². The topological polar surface area (TPSA) is 100 Å². The minimum absolute atomic E-state index is 0.205. The number of aromatic nitrogens is 4. The normalized spacial score (nSPS) is 12.2. The summed E-state index contributed by atoms with van der Waals surface area (Å²) >= 11 is 0. The van der Waals surface area contributed by atoms with Crippen LogP contribution in [-0.4, -0.2) is 25.8 Å². The van der Waals surface area contributed by atoms with Gasteiger partial charge in [-0.05, 0) is 59.2 Å². The van der Waals surface area contributed by atoms with E-state index in [1.165, 1.54) is 12.3 Å². The molecular formula is C24H16F3N5O. The number of pyridine rings is 2. The minimum atomic E-state index is -4.56. The summed E-state index contributed by atoms with van der Waals surface area (Å²) in [6.45, 7) is 0. The summed E-state index contributed by atoms with van der Waals surface area (Å²) in [6, 6.07) is 9.18. The summed E-state index contributed by atoms with van der Waals surface area (Å²) in [5.41, 5.74) is 8.40. The molecule has 6 nitrogen and oxygen atoms in total. The molecule has 0 aliphatic rings. The third kappa shape index (κ3) is 3.84. The number of nitrogens with zero attached hydrogens (tertiary/aromatic N) is 2. The number of rotatable bonds is 4. The van der Waals surface area contributed by atoms with E-state index in [-0.39, 0.29) is 5.56 Å². The molecule has 0 saturated heterocycles. The smallest absolute Gasteiger partial charge is 0.366 e. The van der Waals surface area contributed by atoms with Crippen LogP contribution in [0.15, 0.2) is 67.3 Å².